The van der Waals surface area contributed by atoms with Crippen LogP contribution < -0.4 is 16.7 Å². The van der Waals surface area contributed by atoms with Crippen LogP contribution in [0.2, 0.25) is 5.02 Å². The molecular weight excluding hydrogens is 349 g/mol. The maximum Gasteiger partial charge on any atom is 0.271 e. The molecule has 0 radical (unpaired) electrons. The van der Waals surface area contributed by atoms with E-state index in [-0.39, 0.29) is 16.7 Å². The van der Waals surface area contributed by atoms with Gasteiger partial charge >= 0.3 is 0 Å². The van der Waals surface area contributed by atoms with Gasteiger partial charge < -0.3 is 10.2 Å². The molecule has 0 bridgehead atoms. The number of fused-ring (bicyclic) bond motifs is 1. The van der Waals surface area contributed by atoms with Gasteiger partial charge in [-0.2, -0.15) is 0 Å². The Morgan fingerprint density at radius 2 is 1.96 bits per heavy atom. The van der Waals surface area contributed by atoms with Crippen molar-refractivity contribution in [3.8, 4) is 0 Å². The lowest BCUT2D eigenvalue weighted by atomic mass is 10.2. The first kappa shape index (κ1) is 16.7. The van der Waals surface area contributed by atoms with Gasteiger partial charge in [0.25, 0.3) is 11.8 Å². The summed E-state index contributed by atoms with van der Waals surface area (Å²) >= 11 is 5.90. The molecule has 0 aliphatic rings. The number of rotatable bonds is 3. The van der Waals surface area contributed by atoms with Gasteiger partial charge in [0.1, 0.15) is 17.0 Å². The number of benzene rings is 2. The number of primary amides is 1. The summed E-state index contributed by atoms with van der Waals surface area (Å²) in [4.78, 5) is 23.6. The molecule has 0 saturated carbocycles. The van der Waals surface area contributed by atoms with Crippen LogP contribution in [0.15, 0.2) is 58.0 Å². The maximum atomic E-state index is 13.2. The molecule has 0 saturated heterocycles. The molecule has 0 spiro atoms. The predicted octanol–water partition coefficient (Wildman–Crippen LogP) is 2.57. The van der Waals surface area contributed by atoms with Crippen molar-refractivity contribution >= 4 is 34.4 Å². The molecule has 2 amide bonds. The molecule has 25 heavy (non-hydrogen) atoms. The Morgan fingerprint density at radius 1 is 1.16 bits per heavy atom. The predicted molar refractivity (Wildman–Crippen MR) is 89.2 cm³/mol. The molecule has 0 fully saturated rings. The number of nitrogens with two attached hydrogens (primary N) is 1. The Labute approximate surface area is 145 Å². The van der Waals surface area contributed by atoms with Gasteiger partial charge in [0.05, 0.1) is 0 Å². The molecule has 6 nitrogen and oxygen atoms in total. The van der Waals surface area contributed by atoms with E-state index in [1.165, 1.54) is 24.3 Å². The van der Waals surface area contributed by atoms with Crippen LogP contribution in [0.5, 0.6) is 0 Å². The molecule has 3 N–H and O–H groups in total. The van der Waals surface area contributed by atoms with E-state index in [0.29, 0.717) is 16.0 Å². The highest BCUT2D eigenvalue weighted by Crippen LogP contribution is 2.18. The van der Waals surface area contributed by atoms with Gasteiger partial charge in [0.15, 0.2) is 0 Å². The lowest BCUT2D eigenvalue weighted by Crippen LogP contribution is -2.27. The third-order valence-electron chi connectivity index (χ3n) is 3.32. The topological polar surface area (TPSA) is 97.7 Å². The van der Waals surface area contributed by atoms with E-state index >= 15 is 0 Å². The minimum atomic E-state index is -0.788. The molecule has 1 aromatic heterocycles. The molecule has 0 aliphatic carbocycles. The molecule has 1 heterocycles. The highest BCUT2D eigenvalue weighted by Gasteiger charge is 2.11. The van der Waals surface area contributed by atoms with Gasteiger partial charge in [-0.1, -0.05) is 17.7 Å². The molecule has 0 aliphatic heterocycles. The van der Waals surface area contributed by atoms with E-state index in [1.54, 1.807) is 18.2 Å². The Hall–Kier alpha value is -3.19. The molecule has 0 atom stereocenters. The average molecular weight is 360 g/mol. The zero-order chi connectivity index (χ0) is 18.0. The zero-order valence-corrected chi connectivity index (χ0v) is 13.4. The number of carbonyl (C=O) groups excluding carboxylic acids is 2. The fourth-order valence-electron chi connectivity index (χ4n) is 2.16. The van der Waals surface area contributed by atoms with E-state index in [1.807, 2.05) is 0 Å². The average Bonchev–Trinajstić information content (AvgIpc) is 2.58. The molecule has 3 aromatic rings. The van der Waals surface area contributed by atoms with Gasteiger partial charge in [-0.05, 0) is 42.5 Å². The van der Waals surface area contributed by atoms with Crippen molar-refractivity contribution in [2.24, 2.45) is 10.8 Å². The quantitative estimate of drug-likeness (QED) is 0.703. The minimum Gasteiger partial charge on any atom is -0.436 e. The highest BCUT2D eigenvalue weighted by atomic mass is 35.5. The number of carbonyl (C=O) groups is 2. The Morgan fingerprint density at radius 3 is 2.68 bits per heavy atom. The van der Waals surface area contributed by atoms with E-state index in [4.69, 9.17) is 21.8 Å². The van der Waals surface area contributed by atoms with E-state index in [9.17, 15) is 14.0 Å². The van der Waals surface area contributed by atoms with Crippen molar-refractivity contribution in [3.63, 3.8) is 0 Å². The lowest BCUT2D eigenvalue weighted by molar-refractivity contribution is 0.0945. The Balaban J connectivity index is 2.02. The van der Waals surface area contributed by atoms with Crippen LogP contribution in [0, 0.1) is 5.82 Å². The van der Waals surface area contributed by atoms with Crippen LogP contribution in [0.3, 0.4) is 0 Å². The van der Waals surface area contributed by atoms with Crippen molar-refractivity contribution in [2.75, 3.05) is 0 Å². The van der Waals surface area contributed by atoms with Crippen LogP contribution in [0.4, 0.5) is 4.39 Å². The Kier molecular flexibility index (Phi) is 4.49. The third-order valence-corrected chi connectivity index (χ3v) is 3.56. The zero-order valence-electron chi connectivity index (χ0n) is 12.6. The second kappa shape index (κ2) is 6.74. The van der Waals surface area contributed by atoms with Crippen LogP contribution in [-0.2, 0) is 0 Å². The SMILES string of the molecule is NC(=O)c1cc2cc(Cl)ccc2o/c1=N/NC(=O)c1cccc(F)c1. The molecule has 0 unspecified atom stereocenters. The normalized spacial score (nSPS) is 11.5. The number of hydrogen-bond acceptors (Lipinski definition) is 4. The summed E-state index contributed by atoms with van der Waals surface area (Å²) in [5.41, 5.74) is 7.79. The van der Waals surface area contributed by atoms with Crippen molar-refractivity contribution in [1.82, 2.24) is 5.43 Å². The fraction of sp³-hybridized carbons (Fsp3) is 0. The Bertz CT molecular complexity index is 1060. The van der Waals surface area contributed by atoms with Crippen molar-refractivity contribution in [1.29, 1.82) is 0 Å². The first-order valence-electron chi connectivity index (χ1n) is 7.07. The summed E-state index contributed by atoms with van der Waals surface area (Å²) < 4.78 is 18.7. The number of hydrogen-bond donors (Lipinski definition) is 2. The molecule has 126 valence electrons. The third kappa shape index (κ3) is 3.67. The summed E-state index contributed by atoms with van der Waals surface area (Å²) in [6.07, 6.45) is 0. The molecule has 8 heteroatoms. The molecule has 3 rings (SSSR count). The van der Waals surface area contributed by atoms with Gasteiger partial charge in [-0.25, -0.2) is 9.82 Å². The first-order chi connectivity index (χ1) is 11.9. The highest BCUT2D eigenvalue weighted by molar-refractivity contribution is 6.31. The number of amides is 2. The summed E-state index contributed by atoms with van der Waals surface area (Å²) in [6, 6.07) is 11.3. The van der Waals surface area contributed by atoms with E-state index in [0.717, 1.165) is 6.07 Å². The summed E-state index contributed by atoms with van der Waals surface area (Å²) in [7, 11) is 0. The minimum absolute atomic E-state index is 0.0330. The van der Waals surface area contributed by atoms with Crippen LogP contribution in [0.1, 0.15) is 20.7 Å². The second-order valence-corrected chi connectivity index (χ2v) is 5.51. The monoisotopic (exact) mass is 359 g/mol. The van der Waals surface area contributed by atoms with Crippen LogP contribution in [-0.4, -0.2) is 11.8 Å². The molecular formula is C17H11ClFN3O3. The number of nitrogens with zero attached hydrogens (tertiary/aromatic N) is 1. The molecule has 2 aromatic carbocycles. The fourth-order valence-corrected chi connectivity index (χ4v) is 2.34. The van der Waals surface area contributed by atoms with Gasteiger partial charge in [0.2, 0.25) is 5.55 Å². The standard InChI is InChI=1S/C17H11ClFN3O3/c18-11-4-5-14-10(6-11)8-13(15(20)23)17(25-14)22-21-16(24)9-2-1-3-12(19)7-9/h1-8H,(H2,20,23)(H,21,24)/b22-17+. The van der Waals surface area contributed by atoms with Crippen molar-refractivity contribution < 1.29 is 18.4 Å². The number of halogens is 2. The van der Waals surface area contributed by atoms with Crippen molar-refractivity contribution in [2.45, 2.75) is 0 Å². The van der Waals surface area contributed by atoms with Crippen LogP contribution in [0.25, 0.3) is 11.0 Å². The summed E-state index contributed by atoms with van der Waals surface area (Å²) in [6.45, 7) is 0. The van der Waals surface area contributed by atoms with E-state index < -0.39 is 17.6 Å². The van der Waals surface area contributed by atoms with Gasteiger partial charge in [0, 0.05) is 16.0 Å². The largest absolute Gasteiger partial charge is 0.436 e. The summed E-state index contributed by atoms with van der Waals surface area (Å²) in [5.74, 6) is -2.01. The lowest BCUT2D eigenvalue weighted by Gasteiger charge is -2.03. The maximum absolute atomic E-state index is 13.2. The first-order valence-corrected chi connectivity index (χ1v) is 7.45. The number of nitrogens with one attached hydrogen (secondary N) is 1. The van der Waals surface area contributed by atoms with E-state index in [2.05, 4.69) is 10.5 Å². The summed E-state index contributed by atoms with van der Waals surface area (Å²) in [5, 5.41) is 4.80. The second-order valence-electron chi connectivity index (χ2n) is 5.07. The van der Waals surface area contributed by atoms with Gasteiger partial charge in [-0.15, -0.1) is 5.10 Å². The van der Waals surface area contributed by atoms with Crippen LogP contribution >= 0.6 is 11.6 Å². The van der Waals surface area contributed by atoms with Crippen molar-refractivity contribution in [3.05, 3.63) is 76.1 Å². The van der Waals surface area contributed by atoms with Gasteiger partial charge in [-0.3, -0.25) is 9.59 Å². The smallest absolute Gasteiger partial charge is 0.271 e.